The predicted octanol–water partition coefficient (Wildman–Crippen LogP) is 3.66. The molecule has 39 heavy (non-hydrogen) atoms. The molecule has 1 fully saturated rings. The van der Waals surface area contributed by atoms with Crippen LogP contribution in [0.2, 0.25) is 0 Å². The number of benzene rings is 4. The third kappa shape index (κ3) is 5.27. The van der Waals surface area contributed by atoms with Gasteiger partial charge in [0.2, 0.25) is 0 Å². The van der Waals surface area contributed by atoms with Crippen LogP contribution >= 0.6 is 0 Å². The predicted molar refractivity (Wildman–Crippen MR) is 172 cm³/mol. The molecule has 5 rings (SSSR count). The highest BCUT2D eigenvalue weighted by Gasteiger charge is 2.52. The zero-order chi connectivity index (χ0) is 27.9. The molecule has 0 bridgehead atoms. The van der Waals surface area contributed by atoms with Crippen LogP contribution in [0.15, 0.2) is 78.9 Å². The van der Waals surface area contributed by atoms with E-state index in [4.69, 9.17) is 9.31 Å². The molecule has 4 aromatic carbocycles. The van der Waals surface area contributed by atoms with Crippen LogP contribution in [0.1, 0.15) is 49.9 Å². The van der Waals surface area contributed by atoms with Crippen LogP contribution in [0.25, 0.3) is 11.1 Å². The van der Waals surface area contributed by atoms with E-state index in [2.05, 4.69) is 134 Å². The van der Waals surface area contributed by atoms with E-state index in [1.165, 1.54) is 55.2 Å². The van der Waals surface area contributed by atoms with Crippen molar-refractivity contribution < 1.29 is 9.31 Å². The summed E-state index contributed by atoms with van der Waals surface area (Å²) in [5.74, 6) is 0. The second kappa shape index (κ2) is 10.5. The van der Waals surface area contributed by atoms with Gasteiger partial charge in [0, 0.05) is 0 Å². The molecule has 1 heterocycles. The van der Waals surface area contributed by atoms with E-state index in [9.17, 15) is 0 Å². The highest BCUT2D eigenvalue weighted by atomic mass is 16.7. The SMILES string of the molecule is Cc1cccc(C)c1Bc1c(B2OC(C)(C)C(C)(C)O2)ccc(-c2ccccc2)c1Bc1c(C)cccc1C. The van der Waals surface area contributed by atoms with E-state index < -0.39 is 18.3 Å². The molecule has 1 aliphatic heterocycles. The number of aryl methyl sites for hydroxylation is 4. The van der Waals surface area contributed by atoms with Gasteiger partial charge in [-0.1, -0.05) is 123 Å². The van der Waals surface area contributed by atoms with Crippen LogP contribution in [-0.2, 0) is 9.31 Å². The molecule has 0 radical (unpaired) electrons. The first-order valence-electron chi connectivity index (χ1n) is 14.1. The molecule has 0 spiro atoms. The van der Waals surface area contributed by atoms with E-state index in [0.29, 0.717) is 0 Å². The van der Waals surface area contributed by atoms with Crippen LogP contribution in [0.3, 0.4) is 0 Å². The van der Waals surface area contributed by atoms with Gasteiger partial charge >= 0.3 is 7.12 Å². The zero-order valence-corrected chi connectivity index (χ0v) is 24.8. The van der Waals surface area contributed by atoms with E-state index in [1.807, 2.05) is 0 Å². The van der Waals surface area contributed by atoms with Crippen molar-refractivity contribution in [3.05, 3.63) is 101 Å². The van der Waals surface area contributed by atoms with Crippen molar-refractivity contribution in [2.45, 2.75) is 66.6 Å². The van der Waals surface area contributed by atoms with Crippen molar-refractivity contribution in [3.63, 3.8) is 0 Å². The summed E-state index contributed by atoms with van der Waals surface area (Å²) in [4.78, 5) is 0. The molecule has 0 amide bonds. The third-order valence-electron chi connectivity index (χ3n) is 9.06. The zero-order valence-electron chi connectivity index (χ0n) is 24.8. The summed E-state index contributed by atoms with van der Waals surface area (Å²) in [6.07, 6.45) is 0. The van der Waals surface area contributed by atoms with Crippen LogP contribution in [0, 0.1) is 27.7 Å². The summed E-state index contributed by atoms with van der Waals surface area (Å²) in [5, 5.41) is 0. The van der Waals surface area contributed by atoms with Gasteiger partial charge in [0.15, 0.2) is 14.6 Å². The summed E-state index contributed by atoms with van der Waals surface area (Å²) in [7, 11) is 1.27. The van der Waals surface area contributed by atoms with Crippen molar-refractivity contribution >= 4 is 49.0 Å². The molecule has 2 nitrogen and oxygen atoms in total. The Bertz CT molecular complexity index is 1450. The van der Waals surface area contributed by atoms with E-state index in [1.54, 1.807) is 0 Å². The second-order valence-corrected chi connectivity index (χ2v) is 12.2. The van der Waals surface area contributed by atoms with E-state index in [-0.39, 0.29) is 0 Å². The molecular weight excluding hydrogens is 473 g/mol. The van der Waals surface area contributed by atoms with Crippen LogP contribution in [0.4, 0.5) is 0 Å². The van der Waals surface area contributed by atoms with Crippen LogP contribution in [0.5, 0.6) is 0 Å². The fourth-order valence-electron chi connectivity index (χ4n) is 5.81. The van der Waals surface area contributed by atoms with Gasteiger partial charge in [-0.05, 0) is 72.0 Å². The largest absolute Gasteiger partial charge is 0.494 e. The lowest BCUT2D eigenvalue weighted by atomic mass is 9.46. The topological polar surface area (TPSA) is 18.5 Å². The minimum Gasteiger partial charge on any atom is -0.399 e. The molecule has 0 aromatic heterocycles. The molecular formula is C34H39B3O2. The van der Waals surface area contributed by atoms with Crippen molar-refractivity contribution in [2.24, 2.45) is 0 Å². The molecule has 0 atom stereocenters. The maximum Gasteiger partial charge on any atom is 0.494 e. The standard InChI is InChI=1S/C34H39B3O2/c1-22-14-12-15-23(2)29(22)35-31-27(26-18-10-9-11-19-26)20-21-28(37-38-33(5,6)34(7,8)39-37)32(31)36-30-24(3)16-13-17-25(30)4/h9-21,35-36H,1-8H3. The molecule has 0 aliphatic carbocycles. The molecule has 0 N–H and O–H groups in total. The summed E-state index contributed by atoms with van der Waals surface area (Å²) >= 11 is 0. The minimum atomic E-state index is -0.420. The van der Waals surface area contributed by atoms with Gasteiger partial charge < -0.3 is 9.31 Å². The molecule has 196 valence electrons. The Hall–Kier alpha value is -3.01. The first-order chi connectivity index (χ1) is 18.5. The Kier molecular flexibility index (Phi) is 7.44. The normalized spacial score (nSPS) is 15.8. The Morgan fingerprint density at radius 1 is 0.513 bits per heavy atom. The quantitative estimate of drug-likeness (QED) is 0.368. The first-order valence-corrected chi connectivity index (χ1v) is 14.1. The van der Waals surface area contributed by atoms with E-state index in [0.717, 1.165) is 20.0 Å². The van der Waals surface area contributed by atoms with E-state index >= 15 is 0 Å². The fraction of sp³-hybridized carbons (Fsp3) is 0.294. The average Bonchev–Trinajstić information content (AvgIpc) is 3.11. The Labute approximate surface area is 236 Å². The highest BCUT2D eigenvalue weighted by molar-refractivity contribution is 6.85. The number of hydrogen-bond acceptors (Lipinski definition) is 2. The maximum atomic E-state index is 6.66. The van der Waals surface area contributed by atoms with Crippen molar-refractivity contribution in [2.75, 3.05) is 0 Å². The summed E-state index contributed by atoms with van der Waals surface area (Å²) in [5.41, 5.74) is 13.6. The molecule has 4 aromatic rings. The van der Waals surface area contributed by atoms with Gasteiger partial charge in [-0.15, -0.1) is 0 Å². The highest BCUT2D eigenvalue weighted by Crippen LogP contribution is 2.36. The van der Waals surface area contributed by atoms with Crippen molar-refractivity contribution in [1.29, 1.82) is 0 Å². The third-order valence-corrected chi connectivity index (χ3v) is 9.06. The Balaban J connectivity index is 1.78. The monoisotopic (exact) mass is 512 g/mol. The van der Waals surface area contributed by atoms with Crippen molar-refractivity contribution in [3.8, 4) is 11.1 Å². The summed E-state index contributed by atoms with van der Waals surface area (Å²) < 4.78 is 13.3. The maximum absolute atomic E-state index is 6.66. The summed E-state index contributed by atoms with van der Waals surface area (Å²) in [6, 6.07) is 28.6. The van der Waals surface area contributed by atoms with Gasteiger partial charge in [-0.25, -0.2) is 0 Å². The van der Waals surface area contributed by atoms with Crippen LogP contribution < -0.4 is 27.3 Å². The number of rotatable bonds is 6. The Morgan fingerprint density at radius 3 is 1.46 bits per heavy atom. The number of hydrogen-bond donors (Lipinski definition) is 0. The molecule has 5 heteroatoms. The fourth-order valence-corrected chi connectivity index (χ4v) is 5.81. The lowest BCUT2D eigenvalue weighted by molar-refractivity contribution is 0.00578. The van der Waals surface area contributed by atoms with Gasteiger partial charge in [0.25, 0.3) is 0 Å². The van der Waals surface area contributed by atoms with Crippen molar-refractivity contribution in [1.82, 2.24) is 0 Å². The average molecular weight is 512 g/mol. The lowest BCUT2D eigenvalue weighted by Gasteiger charge is -2.32. The van der Waals surface area contributed by atoms with Gasteiger partial charge in [0.1, 0.15) is 0 Å². The first kappa shape index (κ1) is 27.6. The van der Waals surface area contributed by atoms with Gasteiger partial charge in [-0.2, -0.15) is 0 Å². The lowest BCUT2D eigenvalue weighted by Crippen LogP contribution is -2.58. The molecule has 1 saturated heterocycles. The molecule has 1 aliphatic rings. The molecule has 0 saturated carbocycles. The summed E-state index contributed by atoms with van der Waals surface area (Å²) in [6.45, 7) is 17.4. The van der Waals surface area contributed by atoms with Gasteiger partial charge in [-0.3, -0.25) is 0 Å². The van der Waals surface area contributed by atoms with Gasteiger partial charge in [0.05, 0.1) is 11.2 Å². The smallest absolute Gasteiger partial charge is 0.399 e. The van der Waals surface area contributed by atoms with Crippen LogP contribution in [-0.4, -0.2) is 32.9 Å². The Morgan fingerprint density at radius 2 is 0.974 bits per heavy atom. The second-order valence-electron chi connectivity index (χ2n) is 12.2. The molecule has 0 unspecified atom stereocenters. The minimum absolute atomic E-state index is 0.404.